The Kier molecular flexibility index (Phi) is 6.81. The lowest BCUT2D eigenvalue weighted by Crippen LogP contribution is -2.34. The topological polar surface area (TPSA) is 62.7 Å². The summed E-state index contributed by atoms with van der Waals surface area (Å²) in [6.07, 6.45) is 1.60. The molecule has 1 unspecified atom stereocenters. The SMILES string of the molecule is CCOc1ccc(NC(C)C(=O)N/N=C/c2cccc(Br)c2)cc1. The molecule has 2 aromatic rings. The quantitative estimate of drug-likeness (QED) is 0.559. The molecule has 0 heterocycles. The third-order valence-electron chi connectivity index (χ3n) is 3.18. The van der Waals surface area contributed by atoms with E-state index in [1.54, 1.807) is 13.1 Å². The molecular weight excluding hydrogens is 370 g/mol. The van der Waals surface area contributed by atoms with Crippen molar-refractivity contribution in [2.45, 2.75) is 19.9 Å². The van der Waals surface area contributed by atoms with Gasteiger partial charge in [0.05, 0.1) is 12.8 Å². The number of anilines is 1. The molecule has 0 aliphatic rings. The summed E-state index contributed by atoms with van der Waals surface area (Å²) in [6.45, 7) is 4.34. The summed E-state index contributed by atoms with van der Waals surface area (Å²) >= 11 is 3.39. The van der Waals surface area contributed by atoms with Gasteiger partial charge in [0, 0.05) is 10.2 Å². The van der Waals surface area contributed by atoms with Crippen molar-refractivity contribution in [3.8, 4) is 5.75 Å². The Morgan fingerprint density at radius 1 is 1.29 bits per heavy atom. The van der Waals surface area contributed by atoms with Gasteiger partial charge in [-0.2, -0.15) is 5.10 Å². The molecule has 2 aromatic carbocycles. The molecule has 5 nitrogen and oxygen atoms in total. The minimum absolute atomic E-state index is 0.213. The van der Waals surface area contributed by atoms with Crippen LogP contribution in [0.1, 0.15) is 19.4 Å². The van der Waals surface area contributed by atoms with Crippen LogP contribution in [-0.4, -0.2) is 24.8 Å². The van der Waals surface area contributed by atoms with Gasteiger partial charge in [0.15, 0.2) is 0 Å². The monoisotopic (exact) mass is 389 g/mol. The first-order valence-electron chi connectivity index (χ1n) is 7.66. The summed E-state index contributed by atoms with van der Waals surface area (Å²) < 4.78 is 6.35. The molecule has 126 valence electrons. The van der Waals surface area contributed by atoms with Crippen LogP contribution in [-0.2, 0) is 4.79 Å². The number of hydrazone groups is 1. The van der Waals surface area contributed by atoms with Crippen molar-refractivity contribution in [1.82, 2.24) is 5.43 Å². The zero-order valence-corrected chi connectivity index (χ0v) is 15.2. The number of rotatable bonds is 7. The predicted molar refractivity (Wildman–Crippen MR) is 101 cm³/mol. The van der Waals surface area contributed by atoms with Crippen LogP contribution in [0.2, 0.25) is 0 Å². The molecule has 2 rings (SSSR count). The van der Waals surface area contributed by atoms with E-state index in [9.17, 15) is 4.79 Å². The van der Waals surface area contributed by atoms with Crippen LogP contribution >= 0.6 is 15.9 Å². The average molecular weight is 390 g/mol. The molecule has 1 amide bonds. The van der Waals surface area contributed by atoms with Crippen molar-refractivity contribution >= 4 is 33.7 Å². The Balaban J connectivity index is 1.85. The van der Waals surface area contributed by atoms with Gasteiger partial charge in [0.1, 0.15) is 11.8 Å². The van der Waals surface area contributed by atoms with Crippen LogP contribution in [0.15, 0.2) is 58.1 Å². The van der Waals surface area contributed by atoms with Crippen molar-refractivity contribution in [2.24, 2.45) is 5.10 Å². The zero-order chi connectivity index (χ0) is 17.4. The van der Waals surface area contributed by atoms with Gasteiger partial charge in [-0.1, -0.05) is 28.1 Å². The highest BCUT2D eigenvalue weighted by molar-refractivity contribution is 9.10. The first kappa shape index (κ1) is 18.0. The second-order valence-corrected chi connectivity index (χ2v) is 6.03. The number of nitrogens with zero attached hydrogens (tertiary/aromatic N) is 1. The fourth-order valence-corrected chi connectivity index (χ4v) is 2.40. The number of benzene rings is 2. The van der Waals surface area contributed by atoms with E-state index in [0.29, 0.717) is 6.61 Å². The molecule has 2 N–H and O–H groups in total. The van der Waals surface area contributed by atoms with Gasteiger partial charge in [-0.15, -0.1) is 0 Å². The van der Waals surface area contributed by atoms with Gasteiger partial charge in [0.25, 0.3) is 5.91 Å². The third kappa shape index (κ3) is 5.70. The Labute approximate surface area is 150 Å². The normalized spacial score (nSPS) is 12.0. The molecule has 0 spiro atoms. The highest BCUT2D eigenvalue weighted by Crippen LogP contribution is 2.16. The fourth-order valence-electron chi connectivity index (χ4n) is 1.98. The summed E-state index contributed by atoms with van der Waals surface area (Å²) in [5.41, 5.74) is 4.27. The lowest BCUT2D eigenvalue weighted by Gasteiger charge is -2.14. The standard InChI is InChI=1S/C18H20BrN3O2/c1-3-24-17-9-7-16(8-10-17)21-13(2)18(23)22-20-12-14-5-4-6-15(19)11-14/h4-13,21H,3H2,1-2H3,(H,22,23)/b20-12+. The van der Waals surface area contributed by atoms with E-state index in [1.807, 2.05) is 55.5 Å². The second kappa shape index (κ2) is 9.08. The molecule has 0 aromatic heterocycles. The highest BCUT2D eigenvalue weighted by Gasteiger charge is 2.11. The Bertz CT molecular complexity index is 702. The number of hydrogen-bond acceptors (Lipinski definition) is 4. The first-order chi connectivity index (χ1) is 11.6. The molecule has 0 bridgehead atoms. The first-order valence-corrected chi connectivity index (χ1v) is 8.45. The van der Waals surface area contributed by atoms with E-state index in [-0.39, 0.29) is 5.91 Å². The van der Waals surface area contributed by atoms with E-state index >= 15 is 0 Å². The number of ether oxygens (including phenoxy) is 1. The average Bonchev–Trinajstić information content (AvgIpc) is 2.57. The Morgan fingerprint density at radius 2 is 2.04 bits per heavy atom. The van der Waals surface area contributed by atoms with E-state index < -0.39 is 6.04 Å². The predicted octanol–water partition coefficient (Wildman–Crippen LogP) is 3.80. The van der Waals surface area contributed by atoms with Crippen molar-refractivity contribution < 1.29 is 9.53 Å². The second-order valence-electron chi connectivity index (χ2n) is 5.11. The number of carbonyl (C=O) groups is 1. The Hall–Kier alpha value is -2.34. The van der Waals surface area contributed by atoms with Crippen LogP contribution in [0.4, 0.5) is 5.69 Å². The van der Waals surface area contributed by atoms with E-state index in [4.69, 9.17) is 4.74 Å². The van der Waals surface area contributed by atoms with E-state index in [0.717, 1.165) is 21.5 Å². The maximum atomic E-state index is 12.1. The molecule has 1 atom stereocenters. The van der Waals surface area contributed by atoms with Crippen LogP contribution in [0.25, 0.3) is 0 Å². The molecule has 0 saturated carbocycles. The van der Waals surface area contributed by atoms with Crippen molar-refractivity contribution in [3.05, 3.63) is 58.6 Å². The molecule has 0 fully saturated rings. The maximum Gasteiger partial charge on any atom is 0.262 e. The van der Waals surface area contributed by atoms with E-state index in [2.05, 4.69) is 31.8 Å². The molecule has 0 aliphatic heterocycles. The van der Waals surface area contributed by atoms with Gasteiger partial charge >= 0.3 is 0 Å². The molecule has 0 saturated heterocycles. The number of hydrogen-bond donors (Lipinski definition) is 2. The smallest absolute Gasteiger partial charge is 0.262 e. The summed E-state index contributed by atoms with van der Waals surface area (Å²) in [4.78, 5) is 12.1. The lowest BCUT2D eigenvalue weighted by molar-refractivity contribution is -0.121. The van der Waals surface area contributed by atoms with Gasteiger partial charge in [-0.25, -0.2) is 5.43 Å². The number of nitrogens with one attached hydrogen (secondary N) is 2. The molecule has 24 heavy (non-hydrogen) atoms. The fraction of sp³-hybridized carbons (Fsp3) is 0.222. The third-order valence-corrected chi connectivity index (χ3v) is 3.67. The zero-order valence-electron chi connectivity index (χ0n) is 13.6. The van der Waals surface area contributed by atoms with Crippen molar-refractivity contribution in [3.63, 3.8) is 0 Å². The summed E-state index contributed by atoms with van der Waals surface area (Å²) in [5.74, 6) is 0.592. The Morgan fingerprint density at radius 3 is 2.71 bits per heavy atom. The van der Waals surface area contributed by atoms with Crippen LogP contribution in [0.3, 0.4) is 0 Å². The van der Waals surface area contributed by atoms with Crippen LogP contribution < -0.4 is 15.5 Å². The minimum atomic E-state index is -0.414. The highest BCUT2D eigenvalue weighted by atomic mass is 79.9. The molecule has 0 aliphatic carbocycles. The summed E-state index contributed by atoms with van der Waals surface area (Å²) in [5, 5.41) is 7.10. The number of halogens is 1. The molecule has 6 heteroatoms. The number of carbonyl (C=O) groups excluding carboxylic acids is 1. The van der Waals surface area contributed by atoms with Gasteiger partial charge < -0.3 is 10.1 Å². The minimum Gasteiger partial charge on any atom is -0.494 e. The molecular formula is C18H20BrN3O2. The largest absolute Gasteiger partial charge is 0.494 e. The van der Waals surface area contributed by atoms with Crippen molar-refractivity contribution in [1.29, 1.82) is 0 Å². The maximum absolute atomic E-state index is 12.1. The van der Waals surface area contributed by atoms with Crippen LogP contribution in [0.5, 0.6) is 5.75 Å². The summed E-state index contributed by atoms with van der Waals surface area (Å²) in [6, 6.07) is 14.7. The summed E-state index contributed by atoms with van der Waals surface area (Å²) in [7, 11) is 0. The lowest BCUT2D eigenvalue weighted by atomic mass is 10.2. The van der Waals surface area contributed by atoms with E-state index in [1.165, 1.54) is 0 Å². The van der Waals surface area contributed by atoms with Crippen LogP contribution in [0, 0.1) is 0 Å². The number of amides is 1. The van der Waals surface area contributed by atoms with Gasteiger partial charge in [-0.3, -0.25) is 4.79 Å². The van der Waals surface area contributed by atoms with Gasteiger partial charge in [-0.05, 0) is 55.8 Å². The van der Waals surface area contributed by atoms with Crippen molar-refractivity contribution in [2.75, 3.05) is 11.9 Å². The molecule has 0 radical (unpaired) electrons. The van der Waals surface area contributed by atoms with Gasteiger partial charge in [0.2, 0.25) is 0 Å².